The van der Waals surface area contributed by atoms with E-state index in [9.17, 15) is 9.59 Å². The molecule has 0 aliphatic rings. The largest absolute Gasteiger partial charge is 0.342 e. The van der Waals surface area contributed by atoms with E-state index in [2.05, 4.69) is 10.4 Å². The highest BCUT2D eigenvalue weighted by atomic mass is 16.2. The van der Waals surface area contributed by atoms with Gasteiger partial charge in [0.15, 0.2) is 0 Å². The molecule has 0 aliphatic carbocycles. The number of nitrogens with one attached hydrogen (secondary N) is 1. The molecule has 0 atom stereocenters. The fourth-order valence-corrected chi connectivity index (χ4v) is 3.14. The van der Waals surface area contributed by atoms with Crippen LogP contribution in [0.15, 0.2) is 24.3 Å². The number of nitrogens with zero attached hydrogens (tertiary/aromatic N) is 3. The van der Waals surface area contributed by atoms with Crippen LogP contribution in [0.5, 0.6) is 0 Å². The summed E-state index contributed by atoms with van der Waals surface area (Å²) < 4.78 is 1.69. The molecule has 0 aliphatic heterocycles. The summed E-state index contributed by atoms with van der Waals surface area (Å²) in [6, 6.07) is 7.70. The van der Waals surface area contributed by atoms with Gasteiger partial charge >= 0.3 is 0 Å². The number of hydrogen-bond donors (Lipinski definition) is 1. The van der Waals surface area contributed by atoms with Gasteiger partial charge in [-0.2, -0.15) is 5.10 Å². The van der Waals surface area contributed by atoms with Crippen LogP contribution in [0.3, 0.4) is 0 Å². The Kier molecular flexibility index (Phi) is 6.18. The maximum absolute atomic E-state index is 12.8. The lowest BCUT2D eigenvalue weighted by Crippen LogP contribution is -2.44. The summed E-state index contributed by atoms with van der Waals surface area (Å²) in [7, 11) is 1.81. The van der Waals surface area contributed by atoms with E-state index < -0.39 is 0 Å². The first kappa shape index (κ1) is 19.7. The van der Waals surface area contributed by atoms with Crippen molar-refractivity contribution in [2.45, 2.75) is 47.1 Å². The van der Waals surface area contributed by atoms with E-state index in [0.717, 1.165) is 28.9 Å². The number of benzene rings is 1. The summed E-state index contributed by atoms with van der Waals surface area (Å²) in [5.41, 5.74) is 4.29. The Bertz CT molecular complexity index is 788. The standard InChI is InChI=1S/C20H28N4O2/c1-7-16-11-17(22-23(16)6)20(26)21-12-18(25)24(13(2)3)19-14(4)9-8-10-15(19)5/h8-11,13H,7,12H2,1-6H3,(H,21,26). The second-order valence-corrected chi connectivity index (χ2v) is 6.78. The van der Waals surface area contributed by atoms with Gasteiger partial charge in [-0.15, -0.1) is 0 Å². The third kappa shape index (κ3) is 4.12. The van der Waals surface area contributed by atoms with Crippen molar-refractivity contribution in [1.82, 2.24) is 15.1 Å². The van der Waals surface area contributed by atoms with Crippen LogP contribution in [0, 0.1) is 13.8 Å². The average Bonchev–Trinajstić information content (AvgIpc) is 2.96. The summed E-state index contributed by atoms with van der Waals surface area (Å²) >= 11 is 0. The fraction of sp³-hybridized carbons (Fsp3) is 0.450. The minimum Gasteiger partial charge on any atom is -0.342 e. The molecule has 2 rings (SSSR count). The lowest BCUT2D eigenvalue weighted by molar-refractivity contribution is -0.118. The van der Waals surface area contributed by atoms with Crippen LogP contribution in [0.2, 0.25) is 0 Å². The predicted molar refractivity (Wildman–Crippen MR) is 103 cm³/mol. The van der Waals surface area contributed by atoms with Gasteiger partial charge in [-0.05, 0) is 51.3 Å². The molecule has 0 fully saturated rings. The molecule has 1 heterocycles. The Labute approximate surface area is 155 Å². The van der Waals surface area contributed by atoms with Crippen LogP contribution < -0.4 is 10.2 Å². The normalized spacial score (nSPS) is 10.9. The Morgan fingerprint density at radius 3 is 2.35 bits per heavy atom. The van der Waals surface area contributed by atoms with Crippen molar-refractivity contribution in [3.63, 3.8) is 0 Å². The molecule has 1 aromatic carbocycles. The highest BCUT2D eigenvalue weighted by molar-refractivity contribution is 6.00. The number of anilines is 1. The van der Waals surface area contributed by atoms with Crippen LogP contribution in [-0.4, -0.2) is 34.2 Å². The molecule has 0 unspecified atom stereocenters. The number of aromatic nitrogens is 2. The van der Waals surface area contributed by atoms with Gasteiger partial charge in [0.05, 0.1) is 6.54 Å². The van der Waals surface area contributed by atoms with Gasteiger partial charge in [0.2, 0.25) is 5.91 Å². The summed E-state index contributed by atoms with van der Waals surface area (Å²) in [5, 5.41) is 6.91. The van der Waals surface area contributed by atoms with Gasteiger partial charge in [0.25, 0.3) is 5.91 Å². The molecule has 0 bridgehead atoms. The molecule has 0 spiro atoms. The topological polar surface area (TPSA) is 67.2 Å². The van der Waals surface area contributed by atoms with Gasteiger partial charge in [-0.1, -0.05) is 25.1 Å². The summed E-state index contributed by atoms with van der Waals surface area (Å²) in [6.07, 6.45) is 0.795. The monoisotopic (exact) mass is 356 g/mol. The number of hydrogen-bond acceptors (Lipinski definition) is 3. The molecule has 140 valence electrons. The molecule has 0 radical (unpaired) electrons. The number of rotatable bonds is 6. The Hall–Kier alpha value is -2.63. The van der Waals surface area contributed by atoms with E-state index in [1.54, 1.807) is 15.6 Å². The quantitative estimate of drug-likeness (QED) is 0.865. The third-order valence-electron chi connectivity index (χ3n) is 4.44. The van der Waals surface area contributed by atoms with Crippen molar-refractivity contribution < 1.29 is 9.59 Å². The molecular formula is C20H28N4O2. The molecule has 26 heavy (non-hydrogen) atoms. The van der Waals surface area contributed by atoms with E-state index in [0.29, 0.717) is 5.69 Å². The molecule has 0 saturated carbocycles. The minimum absolute atomic E-state index is 0.0132. The first-order valence-corrected chi connectivity index (χ1v) is 8.95. The Morgan fingerprint density at radius 2 is 1.85 bits per heavy atom. The van der Waals surface area contributed by atoms with Gasteiger partial charge in [-0.25, -0.2) is 0 Å². The molecule has 2 amide bonds. The van der Waals surface area contributed by atoms with E-state index >= 15 is 0 Å². The minimum atomic E-state index is -0.334. The SMILES string of the molecule is CCc1cc(C(=O)NCC(=O)N(c2c(C)cccc2C)C(C)C)nn1C. The van der Waals surface area contributed by atoms with Gasteiger partial charge < -0.3 is 10.2 Å². The van der Waals surface area contributed by atoms with Gasteiger partial charge in [-0.3, -0.25) is 14.3 Å². The van der Waals surface area contributed by atoms with Crippen molar-refractivity contribution in [3.8, 4) is 0 Å². The van der Waals surface area contributed by atoms with Crippen molar-refractivity contribution >= 4 is 17.5 Å². The van der Waals surface area contributed by atoms with Crippen molar-refractivity contribution in [2.75, 3.05) is 11.4 Å². The Morgan fingerprint density at radius 1 is 1.23 bits per heavy atom. The highest BCUT2D eigenvalue weighted by Gasteiger charge is 2.23. The van der Waals surface area contributed by atoms with Crippen molar-refractivity contribution in [2.24, 2.45) is 7.05 Å². The zero-order valence-electron chi connectivity index (χ0n) is 16.5. The van der Waals surface area contributed by atoms with Crippen LogP contribution in [0.4, 0.5) is 5.69 Å². The second kappa shape index (κ2) is 8.17. The maximum atomic E-state index is 12.8. The van der Waals surface area contributed by atoms with Crippen LogP contribution in [0.25, 0.3) is 0 Å². The molecule has 1 aromatic heterocycles. The maximum Gasteiger partial charge on any atom is 0.272 e. The average molecular weight is 356 g/mol. The smallest absolute Gasteiger partial charge is 0.272 e. The highest BCUT2D eigenvalue weighted by Crippen LogP contribution is 2.26. The molecule has 0 saturated heterocycles. The van der Waals surface area contributed by atoms with Crippen LogP contribution in [0.1, 0.15) is 48.1 Å². The lowest BCUT2D eigenvalue weighted by Gasteiger charge is -2.30. The van der Waals surface area contributed by atoms with Crippen LogP contribution >= 0.6 is 0 Å². The molecule has 6 heteroatoms. The van der Waals surface area contributed by atoms with Gasteiger partial charge in [0.1, 0.15) is 5.69 Å². The van der Waals surface area contributed by atoms with Crippen LogP contribution in [-0.2, 0) is 18.3 Å². The van der Waals surface area contributed by atoms with Gasteiger partial charge in [0, 0.05) is 24.5 Å². The predicted octanol–water partition coefficient (Wildman–Crippen LogP) is 2.77. The van der Waals surface area contributed by atoms with E-state index in [-0.39, 0.29) is 24.4 Å². The first-order valence-electron chi connectivity index (χ1n) is 8.95. The third-order valence-corrected chi connectivity index (χ3v) is 4.44. The summed E-state index contributed by atoms with van der Waals surface area (Å²) in [4.78, 5) is 26.9. The number of para-hydroxylation sites is 1. The van der Waals surface area contributed by atoms with E-state index in [4.69, 9.17) is 0 Å². The van der Waals surface area contributed by atoms with E-state index in [1.807, 2.05) is 59.9 Å². The molecule has 2 aromatic rings. The van der Waals surface area contributed by atoms with E-state index in [1.165, 1.54) is 0 Å². The zero-order valence-corrected chi connectivity index (χ0v) is 16.5. The van der Waals surface area contributed by atoms with Crippen molar-refractivity contribution in [1.29, 1.82) is 0 Å². The zero-order chi connectivity index (χ0) is 19.4. The summed E-state index contributed by atoms with van der Waals surface area (Å²) in [6.45, 7) is 9.86. The number of aryl methyl sites for hydroxylation is 4. The molecular weight excluding hydrogens is 328 g/mol. The fourth-order valence-electron chi connectivity index (χ4n) is 3.14. The number of amides is 2. The first-order chi connectivity index (χ1) is 12.3. The second-order valence-electron chi connectivity index (χ2n) is 6.78. The number of carbonyl (C=O) groups is 2. The Balaban J connectivity index is 2.14. The summed E-state index contributed by atoms with van der Waals surface area (Å²) in [5.74, 6) is -0.476. The number of carbonyl (C=O) groups excluding carboxylic acids is 2. The lowest BCUT2D eigenvalue weighted by atomic mass is 10.1. The van der Waals surface area contributed by atoms with Crippen molar-refractivity contribution in [3.05, 3.63) is 46.8 Å². The molecule has 1 N–H and O–H groups in total. The molecule has 6 nitrogen and oxygen atoms in total.